The zero-order valence-corrected chi connectivity index (χ0v) is 21.1. The summed E-state index contributed by atoms with van der Waals surface area (Å²) in [5.41, 5.74) is 2.24. The number of rotatable bonds is 7. The summed E-state index contributed by atoms with van der Waals surface area (Å²) in [6, 6.07) is 13.0. The molecule has 0 radical (unpaired) electrons. The van der Waals surface area contributed by atoms with Crippen molar-refractivity contribution in [3.63, 3.8) is 0 Å². The third kappa shape index (κ3) is 7.62. The van der Waals surface area contributed by atoms with Crippen molar-refractivity contribution in [2.75, 3.05) is 13.1 Å². The van der Waals surface area contributed by atoms with Gasteiger partial charge in [-0.05, 0) is 49.1 Å². The molecule has 0 bridgehead atoms. The van der Waals surface area contributed by atoms with Gasteiger partial charge in [-0.25, -0.2) is 0 Å². The highest BCUT2D eigenvalue weighted by Gasteiger charge is 2.30. The van der Waals surface area contributed by atoms with E-state index >= 15 is 0 Å². The molecule has 1 atom stereocenters. The standard InChI is InChI=1S/C24H29F3N4O.HI/c1-3-28-23(30-17(2)18-10-6-11-21(14-18)24(25,26)27)29-13-7-12-22(32)31-15-19-8-4-5-9-20(19)16-31;/h4-6,8-11,14,17H,3,7,12-13,15-16H2,1-2H3,(H2,28,29,30);1H. The van der Waals surface area contributed by atoms with Gasteiger partial charge in [0.1, 0.15) is 0 Å². The molecule has 0 fully saturated rings. The van der Waals surface area contributed by atoms with E-state index in [1.807, 2.05) is 36.1 Å². The van der Waals surface area contributed by atoms with Crippen LogP contribution < -0.4 is 10.6 Å². The molecule has 2 aromatic carbocycles. The topological polar surface area (TPSA) is 56.7 Å². The first-order valence-corrected chi connectivity index (χ1v) is 10.8. The number of nitrogens with zero attached hydrogens (tertiary/aromatic N) is 2. The number of nitrogens with one attached hydrogen (secondary N) is 2. The van der Waals surface area contributed by atoms with Gasteiger partial charge >= 0.3 is 6.18 Å². The molecule has 9 heteroatoms. The van der Waals surface area contributed by atoms with Crippen molar-refractivity contribution in [3.05, 3.63) is 70.8 Å². The van der Waals surface area contributed by atoms with Gasteiger partial charge in [-0.15, -0.1) is 24.0 Å². The van der Waals surface area contributed by atoms with Crippen LogP contribution >= 0.6 is 24.0 Å². The number of aliphatic imine (C=N–C) groups is 1. The van der Waals surface area contributed by atoms with E-state index in [-0.39, 0.29) is 35.9 Å². The minimum atomic E-state index is -4.38. The van der Waals surface area contributed by atoms with Gasteiger partial charge < -0.3 is 15.5 Å². The van der Waals surface area contributed by atoms with Gasteiger partial charge in [-0.3, -0.25) is 9.79 Å². The SMILES string of the molecule is CCNC(=NCCCC(=O)N1Cc2ccccc2C1)NC(C)c1cccc(C(F)(F)F)c1.I. The number of fused-ring (bicyclic) bond motifs is 1. The smallest absolute Gasteiger partial charge is 0.357 e. The molecule has 0 aromatic heterocycles. The van der Waals surface area contributed by atoms with E-state index in [4.69, 9.17) is 0 Å². The fourth-order valence-corrected chi connectivity index (χ4v) is 3.68. The Morgan fingerprint density at radius 3 is 2.39 bits per heavy atom. The first-order chi connectivity index (χ1) is 15.3. The number of carbonyl (C=O) groups is 1. The number of alkyl halides is 3. The summed E-state index contributed by atoms with van der Waals surface area (Å²) >= 11 is 0. The number of hydrogen-bond acceptors (Lipinski definition) is 2. The van der Waals surface area contributed by atoms with Crippen LogP contribution in [0.1, 0.15) is 55.0 Å². The van der Waals surface area contributed by atoms with Gasteiger partial charge in [0.15, 0.2) is 5.96 Å². The second-order valence-corrected chi connectivity index (χ2v) is 7.87. The monoisotopic (exact) mass is 574 g/mol. The number of guanidine groups is 1. The molecule has 0 aliphatic carbocycles. The zero-order chi connectivity index (χ0) is 23.1. The normalized spacial score (nSPS) is 14.3. The average molecular weight is 574 g/mol. The summed E-state index contributed by atoms with van der Waals surface area (Å²) in [6.45, 7) is 6.06. The lowest BCUT2D eigenvalue weighted by atomic mass is 10.1. The van der Waals surface area contributed by atoms with E-state index in [2.05, 4.69) is 15.6 Å². The Labute approximate surface area is 209 Å². The van der Waals surface area contributed by atoms with Crippen molar-refractivity contribution in [1.29, 1.82) is 0 Å². The Morgan fingerprint density at radius 2 is 1.79 bits per heavy atom. The predicted molar refractivity (Wildman–Crippen MR) is 134 cm³/mol. The van der Waals surface area contributed by atoms with Crippen LogP contribution in [0, 0.1) is 0 Å². The van der Waals surface area contributed by atoms with Crippen LogP contribution in [0.3, 0.4) is 0 Å². The van der Waals surface area contributed by atoms with Crippen molar-refractivity contribution in [1.82, 2.24) is 15.5 Å². The number of carbonyl (C=O) groups excluding carboxylic acids is 1. The van der Waals surface area contributed by atoms with Crippen LogP contribution in [0.5, 0.6) is 0 Å². The van der Waals surface area contributed by atoms with E-state index < -0.39 is 11.7 Å². The van der Waals surface area contributed by atoms with Crippen LogP contribution in [-0.2, 0) is 24.1 Å². The molecule has 1 heterocycles. The molecule has 1 aliphatic rings. The minimum absolute atomic E-state index is 0. The Kier molecular flexibility index (Phi) is 10.00. The molecular weight excluding hydrogens is 544 g/mol. The minimum Gasteiger partial charge on any atom is -0.357 e. The maximum absolute atomic E-state index is 13.0. The second-order valence-electron chi connectivity index (χ2n) is 7.87. The first kappa shape index (κ1) is 26.9. The van der Waals surface area contributed by atoms with Crippen LogP contribution in [-0.4, -0.2) is 29.9 Å². The molecule has 5 nitrogen and oxygen atoms in total. The molecule has 180 valence electrons. The molecule has 0 saturated heterocycles. The molecule has 0 saturated carbocycles. The molecule has 33 heavy (non-hydrogen) atoms. The Morgan fingerprint density at radius 1 is 1.12 bits per heavy atom. The second kappa shape index (κ2) is 12.2. The first-order valence-electron chi connectivity index (χ1n) is 10.8. The van der Waals surface area contributed by atoms with Gasteiger partial charge in [-0.2, -0.15) is 13.2 Å². The van der Waals surface area contributed by atoms with Gasteiger partial charge in [0.25, 0.3) is 0 Å². The number of amides is 1. The maximum Gasteiger partial charge on any atom is 0.416 e. The van der Waals surface area contributed by atoms with E-state index in [1.54, 1.807) is 13.0 Å². The molecule has 1 unspecified atom stereocenters. The Hall–Kier alpha value is -2.30. The van der Waals surface area contributed by atoms with Crippen molar-refractivity contribution in [3.8, 4) is 0 Å². The van der Waals surface area contributed by atoms with Gasteiger partial charge in [0.05, 0.1) is 11.6 Å². The lowest BCUT2D eigenvalue weighted by Gasteiger charge is -2.19. The average Bonchev–Trinajstić information content (AvgIpc) is 3.20. The lowest BCUT2D eigenvalue weighted by Crippen LogP contribution is -2.39. The highest BCUT2D eigenvalue weighted by atomic mass is 127. The number of halogens is 4. The molecule has 0 spiro atoms. The summed E-state index contributed by atoms with van der Waals surface area (Å²) < 4.78 is 39.0. The summed E-state index contributed by atoms with van der Waals surface area (Å²) in [4.78, 5) is 18.9. The fourth-order valence-electron chi connectivity index (χ4n) is 3.68. The highest BCUT2D eigenvalue weighted by Crippen LogP contribution is 2.30. The fraction of sp³-hybridized carbons (Fsp3) is 0.417. The Bertz CT molecular complexity index is 940. The molecular formula is C24H30F3IN4O. The van der Waals surface area contributed by atoms with Gasteiger partial charge in [-0.1, -0.05) is 36.4 Å². The third-order valence-corrected chi connectivity index (χ3v) is 5.42. The highest BCUT2D eigenvalue weighted by molar-refractivity contribution is 14.0. The summed E-state index contributed by atoms with van der Waals surface area (Å²) in [7, 11) is 0. The van der Waals surface area contributed by atoms with Crippen molar-refractivity contribution >= 4 is 35.8 Å². The van der Waals surface area contributed by atoms with E-state index in [0.29, 0.717) is 50.5 Å². The van der Waals surface area contributed by atoms with E-state index in [9.17, 15) is 18.0 Å². The summed E-state index contributed by atoms with van der Waals surface area (Å²) in [5, 5.41) is 6.25. The largest absolute Gasteiger partial charge is 0.416 e. The maximum atomic E-state index is 13.0. The van der Waals surface area contributed by atoms with Crippen LogP contribution in [0.2, 0.25) is 0 Å². The summed E-state index contributed by atoms with van der Waals surface area (Å²) in [5.74, 6) is 0.616. The van der Waals surface area contributed by atoms with Crippen LogP contribution in [0.15, 0.2) is 53.5 Å². The van der Waals surface area contributed by atoms with Crippen LogP contribution in [0.4, 0.5) is 13.2 Å². The predicted octanol–water partition coefficient (Wildman–Crippen LogP) is 5.26. The third-order valence-electron chi connectivity index (χ3n) is 5.42. The number of hydrogen-bond donors (Lipinski definition) is 2. The molecule has 3 rings (SSSR count). The quantitative estimate of drug-likeness (QED) is 0.205. The molecule has 1 amide bonds. The lowest BCUT2D eigenvalue weighted by molar-refractivity contribution is -0.137. The van der Waals surface area contributed by atoms with Crippen molar-refractivity contribution in [2.24, 2.45) is 4.99 Å². The van der Waals surface area contributed by atoms with E-state index in [0.717, 1.165) is 12.1 Å². The van der Waals surface area contributed by atoms with Crippen LogP contribution in [0.25, 0.3) is 0 Å². The molecule has 2 N–H and O–H groups in total. The van der Waals surface area contributed by atoms with Gasteiger partial charge in [0, 0.05) is 32.6 Å². The Balaban J connectivity index is 0.00000385. The molecule has 2 aromatic rings. The van der Waals surface area contributed by atoms with Crippen molar-refractivity contribution < 1.29 is 18.0 Å². The summed E-state index contributed by atoms with van der Waals surface area (Å²) in [6.07, 6.45) is -3.38. The van der Waals surface area contributed by atoms with Gasteiger partial charge in [0.2, 0.25) is 5.91 Å². The molecule has 1 aliphatic heterocycles. The van der Waals surface area contributed by atoms with Crippen molar-refractivity contribution in [2.45, 2.75) is 52.0 Å². The van der Waals surface area contributed by atoms with E-state index in [1.165, 1.54) is 17.2 Å². The number of benzene rings is 2. The zero-order valence-electron chi connectivity index (χ0n) is 18.8.